The van der Waals surface area contributed by atoms with Crippen LogP contribution in [0.3, 0.4) is 0 Å². The van der Waals surface area contributed by atoms with Gasteiger partial charge in [0.2, 0.25) is 0 Å². The molecule has 0 aliphatic carbocycles. The number of rotatable bonds is 10. The summed E-state index contributed by atoms with van der Waals surface area (Å²) < 4.78 is 4.91. The number of unbranched alkanes of at least 4 members (excludes halogenated alkanes) is 1. The topological polar surface area (TPSA) is 64.1 Å². The van der Waals surface area contributed by atoms with Crippen molar-refractivity contribution < 1.29 is 9.53 Å². The van der Waals surface area contributed by atoms with E-state index in [2.05, 4.69) is 22.2 Å². The van der Waals surface area contributed by atoms with Gasteiger partial charge in [-0.3, -0.25) is 4.79 Å². The SMILES string of the molecule is CCCNC(C)(CCCCSc1ncccn1)C(=O)OC. The fraction of sp³-hybridized carbons (Fsp3) is 0.667. The molecule has 1 unspecified atom stereocenters. The summed E-state index contributed by atoms with van der Waals surface area (Å²) in [5, 5.41) is 4.10. The van der Waals surface area contributed by atoms with Crippen molar-refractivity contribution in [3.8, 4) is 0 Å². The molecule has 1 rings (SSSR count). The largest absolute Gasteiger partial charge is 0.468 e. The summed E-state index contributed by atoms with van der Waals surface area (Å²) in [5.41, 5.74) is -0.585. The minimum atomic E-state index is -0.585. The predicted octanol–water partition coefficient (Wildman–Crippen LogP) is 2.67. The van der Waals surface area contributed by atoms with Crippen LogP contribution in [-0.4, -0.2) is 40.9 Å². The van der Waals surface area contributed by atoms with E-state index in [1.54, 1.807) is 24.2 Å². The lowest BCUT2D eigenvalue weighted by molar-refractivity contribution is -0.148. The molecule has 1 atom stereocenters. The fourth-order valence-electron chi connectivity index (χ4n) is 1.99. The average Bonchev–Trinajstić information content (AvgIpc) is 2.52. The van der Waals surface area contributed by atoms with Gasteiger partial charge in [0.15, 0.2) is 5.16 Å². The Labute approximate surface area is 131 Å². The van der Waals surface area contributed by atoms with Gasteiger partial charge >= 0.3 is 5.97 Å². The molecule has 0 aromatic carbocycles. The number of esters is 1. The minimum absolute atomic E-state index is 0.185. The summed E-state index contributed by atoms with van der Waals surface area (Å²) in [5.74, 6) is 0.768. The molecule has 0 saturated heterocycles. The number of hydrogen-bond donors (Lipinski definition) is 1. The highest BCUT2D eigenvalue weighted by Gasteiger charge is 2.32. The highest BCUT2D eigenvalue weighted by Crippen LogP contribution is 2.19. The van der Waals surface area contributed by atoms with E-state index >= 15 is 0 Å². The molecule has 0 radical (unpaired) electrons. The Bertz CT molecular complexity index is 417. The lowest BCUT2D eigenvalue weighted by Crippen LogP contribution is -2.50. The molecule has 0 spiro atoms. The Balaban J connectivity index is 2.31. The molecule has 6 heteroatoms. The van der Waals surface area contributed by atoms with Crippen LogP contribution in [0.5, 0.6) is 0 Å². The van der Waals surface area contributed by atoms with Crippen LogP contribution in [0.2, 0.25) is 0 Å². The van der Waals surface area contributed by atoms with Crippen molar-refractivity contribution in [3.05, 3.63) is 18.5 Å². The van der Waals surface area contributed by atoms with Crippen molar-refractivity contribution in [2.75, 3.05) is 19.4 Å². The van der Waals surface area contributed by atoms with Gasteiger partial charge < -0.3 is 10.1 Å². The molecule has 0 bridgehead atoms. The van der Waals surface area contributed by atoms with E-state index in [4.69, 9.17) is 4.74 Å². The quantitative estimate of drug-likeness (QED) is 0.310. The van der Waals surface area contributed by atoms with E-state index in [0.717, 1.165) is 43.1 Å². The second kappa shape index (κ2) is 9.73. The van der Waals surface area contributed by atoms with Crippen LogP contribution in [-0.2, 0) is 9.53 Å². The highest BCUT2D eigenvalue weighted by atomic mass is 32.2. The molecule has 1 aromatic heterocycles. The number of hydrogen-bond acceptors (Lipinski definition) is 6. The monoisotopic (exact) mass is 311 g/mol. The average molecular weight is 311 g/mol. The maximum atomic E-state index is 11.9. The third kappa shape index (κ3) is 6.44. The molecule has 0 fully saturated rings. The molecule has 0 aliphatic heterocycles. The second-order valence-corrected chi connectivity index (χ2v) is 6.15. The molecule has 5 nitrogen and oxygen atoms in total. The van der Waals surface area contributed by atoms with Crippen molar-refractivity contribution in [2.45, 2.75) is 50.2 Å². The van der Waals surface area contributed by atoms with E-state index in [1.807, 2.05) is 13.0 Å². The Morgan fingerprint density at radius 1 is 1.38 bits per heavy atom. The van der Waals surface area contributed by atoms with Gasteiger partial charge in [-0.1, -0.05) is 25.1 Å². The van der Waals surface area contributed by atoms with Gasteiger partial charge in [-0.2, -0.15) is 0 Å². The van der Waals surface area contributed by atoms with E-state index in [9.17, 15) is 4.79 Å². The summed E-state index contributed by atoms with van der Waals surface area (Å²) >= 11 is 1.64. The van der Waals surface area contributed by atoms with Crippen molar-refractivity contribution in [1.29, 1.82) is 0 Å². The van der Waals surface area contributed by atoms with Crippen LogP contribution >= 0.6 is 11.8 Å². The van der Waals surface area contributed by atoms with Gasteiger partial charge in [0.25, 0.3) is 0 Å². The first-order valence-corrected chi connectivity index (χ1v) is 8.34. The molecule has 21 heavy (non-hydrogen) atoms. The zero-order valence-electron chi connectivity index (χ0n) is 13.1. The zero-order valence-corrected chi connectivity index (χ0v) is 13.9. The first kappa shape index (κ1) is 17.9. The number of methoxy groups -OCH3 is 1. The summed E-state index contributed by atoms with van der Waals surface area (Å²) in [6.45, 7) is 4.82. The first-order chi connectivity index (χ1) is 10.1. The van der Waals surface area contributed by atoms with Gasteiger partial charge in [-0.25, -0.2) is 9.97 Å². The number of thioether (sulfide) groups is 1. The first-order valence-electron chi connectivity index (χ1n) is 7.35. The Morgan fingerprint density at radius 2 is 2.10 bits per heavy atom. The summed E-state index contributed by atoms with van der Waals surface area (Å²) in [6.07, 6.45) is 7.24. The Hall–Kier alpha value is -1.14. The van der Waals surface area contributed by atoms with E-state index in [-0.39, 0.29) is 5.97 Å². The van der Waals surface area contributed by atoms with Gasteiger partial charge in [-0.15, -0.1) is 0 Å². The van der Waals surface area contributed by atoms with Gasteiger partial charge in [-0.05, 0) is 38.8 Å². The third-order valence-corrected chi connectivity index (χ3v) is 4.21. The van der Waals surface area contributed by atoms with Gasteiger partial charge in [0, 0.05) is 18.1 Å². The molecule has 0 saturated carbocycles. The second-order valence-electron chi connectivity index (χ2n) is 5.09. The normalized spacial score (nSPS) is 13.7. The Kier molecular flexibility index (Phi) is 8.30. The molecule has 1 aromatic rings. The molecular weight excluding hydrogens is 286 g/mol. The number of aromatic nitrogens is 2. The molecule has 0 aliphatic rings. The number of carbonyl (C=O) groups is 1. The van der Waals surface area contributed by atoms with E-state index in [0.29, 0.717) is 0 Å². The van der Waals surface area contributed by atoms with E-state index < -0.39 is 5.54 Å². The van der Waals surface area contributed by atoms with Crippen LogP contribution in [0.25, 0.3) is 0 Å². The lowest BCUT2D eigenvalue weighted by atomic mass is 9.95. The van der Waals surface area contributed by atoms with Crippen molar-refractivity contribution >= 4 is 17.7 Å². The maximum Gasteiger partial charge on any atom is 0.325 e. The predicted molar refractivity (Wildman–Crippen MR) is 85.3 cm³/mol. The molecule has 1 heterocycles. The smallest absolute Gasteiger partial charge is 0.325 e. The van der Waals surface area contributed by atoms with Crippen LogP contribution in [0.15, 0.2) is 23.6 Å². The molecule has 0 amide bonds. The lowest BCUT2D eigenvalue weighted by Gasteiger charge is -2.28. The zero-order chi connectivity index (χ0) is 15.6. The fourth-order valence-corrected chi connectivity index (χ4v) is 2.79. The van der Waals surface area contributed by atoms with Crippen LogP contribution in [0.1, 0.15) is 39.5 Å². The standard InChI is InChI=1S/C15H25N3O2S/c1-4-9-18-15(2,13(19)20-3)8-5-6-12-21-14-16-10-7-11-17-14/h7,10-11,18H,4-6,8-9,12H2,1-3H3. The van der Waals surface area contributed by atoms with Crippen molar-refractivity contribution in [2.24, 2.45) is 0 Å². The Morgan fingerprint density at radius 3 is 2.71 bits per heavy atom. The summed E-state index contributed by atoms with van der Waals surface area (Å²) in [7, 11) is 1.44. The van der Waals surface area contributed by atoms with Crippen molar-refractivity contribution in [1.82, 2.24) is 15.3 Å². The van der Waals surface area contributed by atoms with Crippen LogP contribution in [0, 0.1) is 0 Å². The van der Waals surface area contributed by atoms with Gasteiger partial charge in [0.1, 0.15) is 5.54 Å². The number of ether oxygens (including phenoxy) is 1. The summed E-state index contributed by atoms with van der Waals surface area (Å²) in [6, 6.07) is 1.81. The molecule has 1 N–H and O–H groups in total. The van der Waals surface area contributed by atoms with E-state index in [1.165, 1.54) is 7.11 Å². The maximum absolute atomic E-state index is 11.9. The third-order valence-electron chi connectivity index (χ3n) is 3.25. The highest BCUT2D eigenvalue weighted by molar-refractivity contribution is 7.99. The molecular formula is C15H25N3O2S. The molecule has 118 valence electrons. The van der Waals surface area contributed by atoms with Crippen molar-refractivity contribution in [3.63, 3.8) is 0 Å². The van der Waals surface area contributed by atoms with Crippen LogP contribution < -0.4 is 5.32 Å². The minimum Gasteiger partial charge on any atom is -0.468 e. The van der Waals surface area contributed by atoms with Crippen LogP contribution in [0.4, 0.5) is 0 Å². The van der Waals surface area contributed by atoms with Gasteiger partial charge in [0.05, 0.1) is 7.11 Å². The number of nitrogens with one attached hydrogen (secondary N) is 1. The number of carbonyl (C=O) groups excluding carboxylic acids is 1. The number of nitrogens with zero attached hydrogens (tertiary/aromatic N) is 2. The summed E-state index contributed by atoms with van der Waals surface area (Å²) in [4.78, 5) is 20.3.